The van der Waals surface area contributed by atoms with Crippen molar-refractivity contribution in [2.45, 2.75) is 25.8 Å². The Kier molecular flexibility index (Phi) is 4.63. The fourth-order valence-electron chi connectivity index (χ4n) is 3.41. The molecule has 0 spiro atoms. The van der Waals surface area contributed by atoms with Crippen molar-refractivity contribution in [3.8, 4) is 11.4 Å². The predicted octanol–water partition coefficient (Wildman–Crippen LogP) is 3.77. The maximum Gasteiger partial charge on any atom is 0.138 e. The quantitative estimate of drug-likeness (QED) is 0.699. The first-order chi connectivity index (χ1) is 12.2. The van der Waals surface area contributed by atoms with Crippen LogP contribution in [0.25, 0.3) is 22.4 Å². The second-order valence-electron chi connectivity index (χ2n) is 6.54. The summed E-state index contributed by atoms with van der Waals surface area (Å²) in [5.74, 6) is 1.96. The number of imidazole rings is 1. The third-order valence-electron chi connectivity index (χ3n) is 4.84. The average Bonchev–Trinajstić information content (AvgIpc) is 3.07. The van der Waals surface area contributed by atoms with Crippen LogP contribution in [0.15, 0.2) is 36.5 Å². The molecule has 0 atom stereocenters. The van der Waals surface area contributed by atoms with Gasteiger partial charge in [-0.05, 0) is 49.8 Å². The Hall–Kier alpha value is -2.05. The fraction of sp³-hybridized carbons (Fsp3) is 0.368. The molecule has 2 aromatic heterocycles. The second-order valence-corrected chi connectivity index (χ2v) is 7.19. The maximum absolute atomic E-state index is 4.75. The predicted molar refractivity (Wildman–Crippen MR) is 106 cm³/mol. The van der Waals surface area contributed by atoms with Gasteiger partial charge in [-0.1, -0.05) is 24.1 Å². The topological polar surface area (TPSA) is 56.8 Å². The van der Waals surface area contributed by atoms with Gasteiger partial charge in [0.1, 0.15) is 11.6 Å². The van der Waals surface area contributed by atoms with E-state index in [9.17, 15) is 0 Å². The summed E-state index contributed by atoms with van der Waals surface area (Å²) < 4.78 is 3.47. The Morgan fingerprint density at radius 3 is 2.80 bits per heavy atom. The number of aromatic amines is 1. The van der Waals surface area contributed by atoms with E-state index in [1.165, 1.54) is 0 Å². The molecule has 0 bridgehead atoms. The molecule has 5 nitrogen and oxygen atoms in total. The molecule has 1 saturated heterocycles. The number of para-hydroxylation sites is 2. The number of aromatic nitrogens is 3. The van der Waals surface area contributed by atoms with E-state index >= 15 is 0 Å². The van der Waals surface area contributed by atoms with Gasteiger partial charge in [0.25, 0.3) is 0 Å². The van der Waals surface area contributed by atoms with E-state index in [1.807, 2.05) is 24.4 Å². The zero-order valence-electron chi connectivity index (χ0n) is 14.6. The van der Waals surface area contributed by atoms with Crippen LogP contribution in [0, 0.1) is 6.92 Å². The van der Waals surface area contributed by atoms with Crippen LogP contribution >= 0.6 is 11.9 Å². The van der Waals surface area contributed by atoms with Crippen molar-refractivity contribution in [3.05, 3.63) is 42.1 Å². The zero-order chi connectivity index (χ0) is 17.2. The van der Waals surface area contributed by atoms with Gasteiger partial charge in [0.15, 0.2) is 0 Å². The Bertz CT molecular complexity index is 834. The van der Waals surface area contributed by atoms with Crippen molar-refractivity contribution in [2.24, 2.45) is 0 Å². The Morgan fingerprint density at radius 1 is 1.24 bits per heavy atom. The van der Waals surface area contributed by atoms with Crippen LogP contribution in [-0.2, 0) is 0 Å². The first-order valence-corrected chi connectivity index (χ1v) is 9.92. The highest BCUT2D eigenvalue weighted by Gasteiger charge is 2.20. The van der Waals surface area contributed by atoms with Gasteiger partial charge in [-0.25, -0.2) is 9.97 Å². The molecule has 130 valence electrons. The summed E-state index contributed by atoms with van der Waals surface area (Å²) in [6, 6.07) is 10.9. The first kappa shape index (κ1) is 16.4. The highest BCUT2D eigenvalue weighted by molar-refractivity contribution is 7.96. The van der Waals surface area contributed by atoms with Gasteiger partial charge in [-0.3, -0.25) is 4.72 Å². The summed E-state index contributed by atoms with van der Waals surface area (Å²) in [6.45, 7) is 4.16. The monoisotopic (exact) mass is 353 g/mol. The third-order valence-corrected chi connectivity index (χ3v) is 5.41. The van der Waals surface area contributed by atoms with Gasteiger partial charge < -0.3 is 9.88 Å². The maximum atomic E-state index is 4.75. The van der Waals surface area contributed by atoms with Crippen molar-refractivity contribution in [2.75, 3.05) is 24.2 Å². The van der Waals surface area contributed by atoms with E-state index in [-0.39, 0.29) is 0 Å². The highest BCUT2D eigenvalue weighted by atomic mass is 32.2. The van der Waals surface area contributed by atoms with Crippen LogP contribution in [0.5, 0.6) is 0 Å². The lowest BCUT2D eigenvalue weighted by molar-refractivity contribution is 0.477. The first-order valence-electron chi connectivity index (χ1n) is 8.70. The SMILES string of the molecule is CSNC1CCN(c2cc(-c3nc4ccccc4[nH]3)c(C)cn2)CC1. The fourth-order valence-corrected chi connectivity index (χ4v) is 3.98. The van der Waals surface area contributed by atoms with Crippen LogP contribution in [0.3, 0.4) is 0 Å². The lowest BCUT2D eigenvalue weighted by Gasteiger charge is -2.33. The van der Waals surface area contributed by atoms with Crippen molar-refractivity contribution in [1.29, 1.82) is 0 Å². The number of H-pyrrole nitrogens is 1. The van der Waals surface area contributed by atoms with Crippen LogP contribution < -0.4 is 9.62 Å². The summed E-state index contributed by atoms with van der Waals surface area (Å²) in [5.41, 5.74) is 4.34. The summed E-state index contributed by atoms with van der Waals surface area (Å²) in [7, 11) is 0. The molecular weight excluding hydrogens is 330 g/mol. The molecule has 25 heavy (non-hydrogen) atoms. The van der Waals surface area contributed by atoms with E-state index in [4.69, 9.17) is 4.98 Å². The normalized spacial score (nSPS) is 15.8. The summed E-state index contributed by atoms with van der Waals surface area (Å²) in [6.07, 6.45) is 6.35. The van der Waals surface area contributed by atoms with Gasteiger partial charge >= 0.3 is 0 Å². The smallest absolute Gasteiger partial charge is 0.138 e. The molecule has 2 N–H and O–H groups in total. The van der Waals surface area contributed by atoms with Crippen LogP contribution in [0.2, 0.25) is 0 Å². The lowest BCUT2D eigenvalue weighted by atomic mass is 10.1. The van der Waals surface area contributed by atoms with Gasteiger partial charge in [0.2, 0.25) is 0 Å². The van der Waals surface area contributed by atoms with Crippen molar-refractivity contribution in [3.63, 3.8) is 0 Å². The largest absolute Gasteiger partial charge is 0.356 e. The molecule has 0 saturated carbocycles. The second kappa shape index (κ2) is 7.06. The lowest BCUT2D eigenvalue weighted by Crippen LogP contribution is -2.40. The molecule has 0 unspecified atom stereocenters. The molecule has 0 aliphatic carbocycles. The van der Waals surface area contributed by atoms with Crippen LogP contribution in [0.4, 0.5) is 5.82 Å². The summed E-state index contributed by atoms with van der Waals surface area (Å²) in [4.78, 5) is 15.2. The van der Waals surface area contributed by atoms with E-state index in [2.05, 4.69) is 44.9 Å². The number of anilines is 1. The van der Waals surface area contributed by atoms with E-state index in [0.29, 0.717) is 6.04 Å². The molecule has 1 aliphatic heterocycles. The number of hydrogen-bond donors (Lipinski definition) is 2. The average molecular weight is 353 g/mol. The zero-order valence-corrected chi connectivity index (χ0v) is 15.4. The van der Waals surface area contributed by atoms with Gasteiger partial charge in [-0.15, -0.1) is 0 Å². The van der Waals surface area contributed by atoms with E-state index in [1.54, 1.807) is 11.9 Å². The molecule has 3 heterocycles. The number of rotatable bonds is 4. The number of nitrogens with one attached hydrogen (secondary N) is 2. The molecule has 4 rings (SSSR count). The minimum absolute atomic E-state index is 0.603. The van der Waals surface area contributed by atoms with Crippen molar-refractivity contribution < 1.29 is 0 Å². The molecule has 0 amide bonds. The highest BCUT2D eigenvalue weighted by Crippen LogP contribution is 2.28. The van der Waals surface area contributed by atoms with Crippen LogP contribution in [0.1, 0.15) is 18.4 Å². The molecular formula is C19H23N5S. The molecule has 6 heteroatoms. The van der Waals surface area contributed by atoms with E-state index in [0.717, 1.165) is 59.7 Å². The third kappa shape index (κ3) is 3.37. The number of aryl methyl sites for hydroxylation is 1. The number of nitrogens with zero attached hydrogens (tertiary/aromatic N) is 3. The van der Waals surface area contributed by atoms with Gasteiger partial charge in [0, 0.05) is 30.9 Å². The summed E-state index contributed by atoms with van der Waals surface area (Å²) in [5, 5.41) is 0. The number of hydrogen-bond acceptors (Lipinski definition) is 5. The molecule has 0 radical (unpaired) electrons. The number of fused-ring (bicyclic) bond motifs is 1. The molecule has 1 aliphatic rings. The number of pyridine rings is 1. The number of benzene rings is 1. The molecule has 1 aromatic carbocycles. The van der Waals surface area contributed by atoms with Gasteiger partial charge in [-0.2, -0.15) is 0 Å². The standard InChI is InChI=1S/C19H23N5S/c1-13-12-20-18(24-9-7-14(8-10-24)23-25-2)11-15(13)19-21-16-5-3-4-6-17(16)22-19/h3-6,11-12,14,23H,7-10H2,1-2H3,(H,21,22). The number of piperidine rings is 1. The van der Waals surface area contributed by atoms with Gasteiger partial charge in [0.05, 0.1) is 11.0 Å². The van der Waals surface area contributed by atoms with E-state index < -0.39 is 0 Å². The minimum Gasteiger partial charge on any atom is -0.356 e. The minimum atomic E-state index is 0.603. The van der Waals surface area contributed by atoms with Crippen molar-refractivity contribution >= 4 is 28.8 Å². The summed E-state index contributed by atoms with van der Waals surface area (Å²) >= 11 is 1.71. The van der Waals surface area contributed by atoms with Crippen molar-refractivity contribution in [1.82, 2.24) is 19.7 Å². The molecule has 3 aromatic rings. The Morgan fingerprint density at radius 2 is 2.04 bits per heavy atom. The molecule has 1 fully saturated rings. The Labute approximate surface area is 152 Å². The Balaban J connectivity index is 1.61. The van der Waals surface area contributed by atoms with Crippen LogP contribution in [-0.4, -0.2) is 40.3 Å².